The summed E-state index contributed by atoms with van der Waals surface area (Å²) in [7, 11) is 1.47. The average Bonchev–Trinajstić information content (AvgIpc) is 2.72. The molecule has 0 atom stereocenters. The van der Waals surface area contributed by atoms with Gasteiger partial charge in [-0.25, -0.2) is 5.43 Å². The molecule has 29 heavy (non-hydrogen) atoms. The third-order valence-corrected chi connectivity index (χ3v) is 3.95. The topological polar surface area (TPSA) is 86.2 Å². The zero-order chi connectivity index (χ0) is 20.6. The fourth-order valence-electron chi connectivity index (χ4n) is 2.68. The largest absolute Gasteiger partial charge is 0.493 e. The van der Waals surface area contributed by atoms with Crippen LogP contribution in [0.1, 0.15) is 12.5 Å². The Morgan fingerprint density at radius 1 is 1.00 bits per heavy atom. The van der Waals surface area contributed by atoms with Crippen LogP contribution in [0.25, 0.3) is 10.8 Å². The highest BCUT2D eigenvalue weighted by Gasteiger charge is 2.08. The number of nitrogens with one attached hydrogen (secondary N) is 1. The van der Waals surface area contributed by atoms with Gasteiger partial charge in [-0.3, -0.25) is 9.59 Å². The molecule has 0 heterocycles. The van der Waals surface area contributed by atoms with Crippen LogP contribution in [0, 0.1) is 0 Å². The number of nitrogens with zero attached hydrogens (tertiary/aromatic N) is 1. The Morgan fingerprint density at radius 2 is 1.79 bits per heavy atom. The van der Waals surface area contributed by atoms with Gasteiger partial charge in [0.05, 0.1) is 13.3 Å². The van der Waals surface area contributed by atoms with E-state index in [1.807, 2.05) is 42.5 Å². The molecular weight excluding hydrogens is 372 g/mol. The molecule has 0 aliphatic carbocycles. The maximum absolute atomic E-state index is 12.0. The van der Waals surface area contributed by atoms with Gasteiger partial charge in [-0.15, -0.1) is 0 Å². The highest BCUT2D eigenvalue weighted by Crippen LogP contribution is 2.27. The standard InChI is InChI=1S/C22H20N2O5/c1-15(25)29-20-11-10-16(12-21(20)27-2)13-23-24-22(26)14-28-19-9-5-7-17-6-3-4-8-18(17)19/h3-13H,14H2,1-2H3,(H,24,26). The Balaban J connectivity index is 1.57. The van der Waals surface area contributed by atoms with Gasteiger partial charge >= 0.3 is 5.97 Å². The van der Waals surface area contributed by atoms with Gasteiger partial charge in [-0.2, -0.15) is 5.10 Å². The van der Waals surface area contributed by atoms with Crippen LogP contribution in [0.5, 0.6) is 17.2 Å². The fraction of sp³-hybridized carbons (Fsp3) is 0.136. The molecule has 0 unspecified atom stereocenters. The summed E-state index contributed by atoms with van der Waals surface area (Å²) >= 11 is 0. The number of benzene rings is 3. The van der Waals surface area contributed by atoms with Crippen LogP contribution in [0.2, 0.25) is 0 Å². The maximum atomic E-state index is 12.0. The molecule has 3 aromatic carbocycles. The second-order valence-electron chi connectivity index (χ2n) is 6.06. The van der Waals surface area contributed by atoms with Gasteiger partial charge in [0.2, 0.25) is 0 Å². The van der Waals surface area contributed by atoms with Crippen LogP contribution in [-0.2, 0) is 9.59 Å². The smallest absolute Gasteiger partial charge is 0.308 e. The van der Waals surface area contributed by atoms with Gasteiger partial charge < -0.3 is 14.2 Å². The van der Waals surface area contributed by atoms with E-state index in [4.69, 9.17) is 14.2 Å². The molecule has 0 aliphatic rings. The molecule has 0 fully saturated rings. The molecule has 0 spiro atoms. The number of esters is 1. The van der Waals surface area contributed by atoms with Crippen molar-refractivity contribution in [1.82, 2.24) is 5.43 Å². The van der Waals surface area contributed by atoms with Crippen molar-refractivity contribution in [2.75, 3.05) is 13.7 Å². The van der Waals surface area contributed by atoms with Gasteiger partial charge in [0.15, 0.2) is 18.1 Å². The van der Waals surface area contributed by atoms with E-state index in [-0.39, 0.29) is 6.61 Å². The van der Waals surface area contributed by atoms with Crippen molar-refractivity contribution in [3.63, 3.8) is 0 Å². The highest BCUT2D eigenvalue weighted by molar-refractivity contribution is 5.89. The SMILES string of the molecule is COc1cc(C=NNC(=O)COc2cccc3ccccc23)ccc1OC(C)=O. The molecule has 1 N–H and O–H groups in total. The summed E-state index contributed by atoms with van der Waals surface area (Å²) < 4.78 is 15.9. The Kier molecular flexibility index (Phi) is 6.42. The monoisotopic (exact) mass is 392 g/mol. The number of hydrogen-bond donors (Lipinski definition) is 1. The van der Waals surface area contributed by atoms with Crippen LogP contribution < -0.4 is 19.6 Å². The number of hydrogen-bond acceptors (Lipinski definition) is 6. The van der Waals surface area contributed by atoms with Crippen LogP contribution in [0.4, 0.5) is 0 Å². The number of methoxy groups -OCH3 is 1. The van der Waals surface area contributed by atoms with Crippen molar-refractivity contribution < 1.29 is 23.8 Å². The zero-order valence-electron chi connectivity index (χ0n) is 16.0. The van der Waals surface area contributed by atoms with Gasteiger partial charge in [0.1, 0.15) is 5.75 Å². The maximum Gasteiger partial charge on any atom is 0.308 e. The Hall–Kier alpha value is -3.87. The second-order valence-corrected chi connectivity index (χ2v) is 6.06. The number of fused-ring (bicyclic) bond motifs is 1. The molecule has 0 aliphatic heterocycles. The minimum atomic E-state index is -0.442. The summed E-state index contributed by atoms with van der Waals surface area (Å²) in [6.07, 6.45) is 1.45. The Morgan fingerprint density at radius 3 is 2.59 bits per heavy atom. The first-order valence-electron chi connectivity index (χ1n) is 8.86. The molecule has 0 aromatic heterocycles. The number of hydrazone groups is 1. The van der Waals surface area contributed by atoms with Gasteiger partial charge in [-0.1, -0.05) is 36.4 Å². The van der Waals surface area contributed by atoms with Crippen molar-refractivity contribution in [2.24, 2.45) is 5.10 Å². The normalized spacial score (nSPS) is 10.7. The summed E-state index contributed by atoms with van der Waals surface area (Å²) in [4.78, 5) is 23.1. The number of ether oxygens (including phenoxy) is 3. The van der Waals surface area contributed by atoms with Gasteiger partial charge in [0.25, 0.3) is 5.91 Å². The summed E-state index contributed by atoms with van der Waals surface area (Å²) in [5, 5.41) is 5.89. The highest BCUT2D eigenvalue weighted by atomic mass is 16.6. The lowest BCUT2D eigenvalue weighted by atomic mass is 10.1. The first-order chi connectivity index (χ1) is 14.1. The summed E-state index contributed by atoms with van der Waals surface area (Å²) in [6.45, 7) is 1.14. The molecule has 7 heteroatoms. The molecule has 1 amide bonds. The van der Waals surface area contributed by atoms with Gasteiger partial charge in [0, 0.05) is 12.3 Å². The lowest BCUT2D eigenvalue weighted by molar-refractivity contribution is -0.132. The zero-order valence-corrected chi connectivity index (χ0v) is 16.0. The van der Waals surface area contributed by atoms with Crippen molar-refractivity contribution in [3.8, 4) is 17.2 Å². The van der Waals surface area contributed by atoms with E-state index in [1.54, 1.807) is 18.2 Å². The van der Waals surface area contributed by atoms with E-state index < -0.39 is 11.9 Å². The number of carbonyl (C=O) groups is 2. The predicted molar refractivity (Wildman–Crippen MR) is 109 cm³/mol. The molecule has 148 valence electrons. The molecule has 0 radical (unpaired) electrons. The number of rotatable bonds is 7. The third-order valence-electron chi connectivity index (χ3n) is 3.95. The first-order valence-corrected chi connectivity index (χ1v) is 8.86. The van der Waals surface area contributed by atoms with Crippen molar-refractivity contribution in [1.29, 1.82) is 0 Å². The molecule has 0 saturated heterocycles. The Bertz CT molecular complexity index is 1060. The average molecular weight is 392 g/mol. The van der Waals surface area contributed by atoms with E-state index in [0.717, 1.165) is 10.8 Å². The second kappa shape index (κ2) is 9.36. The van der Waals surface area contributed by atoms with E-state index in [2.05, 4.69) is 10.5 Å². The molecular formula is C22H20N2O5. The number of carbonyl (C=O) groups excluding carboxylic acids is 2. The lowest BCUT2D eigenvalue weighted by Crippen LogP contribution is -2.24. The minimum Gasteiger partial charge on any atom is -0.493 e. The molecule has 3 rings (SSSR count). The van der Waals surface area contributed by atoms with Crippen LogP contribution in [0.3, 0.4) is 0 Å². The first kappa shape index (κ1) is 19.9. The fourth-order valence-corrected chi connectivity index (χ4v) is 2.68. The molecule has 7 nitrogen and oxygen atoms in total. The summed E-state index contributed by atoms with van der Waals surface area (Å²) in [6, 6.07) is 18.4. The quantitative estimate of drug-likeness (QED) is 0.289. The van der Waals surface area contributed by atoms with Crippen LogP contribution >= 0.6 is 0 Å². The minimum absolute atomic E-state index is 0.167. The van der Waals surface area contributed by atoms with Crippen molar-refractivity contribution in [2.45, 2.75) is 6.92 Å². The summed E-state index contributed by atoms with van der Waals surface area (Å²) in [5.41, 5.74) is 3.07. The Labute approximate surface area is 167 Å². The summed E-state index contributed by atoms with van der Waals surface area (Å²) in [5.74, 6) is 0.494. The van der Waals surface area contributed by atoms with E-state index in [0.29, 0.717) is 22.8 Å². The molecule has 0 bridgehead atoms. The van der Waals surface area contributed by atoms with Gasteiger partial charge in [-0.05, 0) is 35.2 Å². The van der Waals surface area contributed by atoms with Crippen molar-refractivity contribution >= 4 is 28.9 Å². The van der Waals surface area contributed by atoms with E-state index in [9.17, 15) is 9.59 Å². The lowest BCUT2D eigenvalue weighted by Gasteiger charge is -2.09. The van der Waals surface area contributed by atoms with Crippen LogP contribution in [-0.4, -0.2) is 31.8 Å². The van der Waals surface area contributed by atoms with Crippen molar-refractivity contribution in [3.05, 3.63) is 66.2 Å². The predicted octanol–water partition coefficient (Wildman–Crippen LogP) is 3.30. The van der Waals surface area contributed by atoms with E-state index >= 15 is 0 Å². The third kappa shape index (κ3) is 5.32. The number of amides is 1. The van der Waals surface area contributed by atoms with Crippen LogP contribution in [0.15, 0.2) is 65.8 Å². The molecule has 0 saturated carbocycles. The van der Waals surface area contributed by atoms with E-state index in [1.165, 1.54) is 20.2 Å². The molecule has 3 aromatic rings.